The highest BCUT2D eigenvalue weighted by atomic mass is 19.1. The predicted octanol–water partition coefficient (Wildman–Crippen LogP) is 4.17. The van der Waals surface area contributed by atoms with Crippen molar-refractivity contribution < 1.29 is 14.0 Å². The Morgan fingerprint density at radius 1 is 0.767 bits per heavy atom. The molecule has 0 radical (unpaired) electrons. The smallest absolute Gasteiger partial charge is 0.282 e. The molecule has 5 heteroatoms. The van der Waals surface area contributed by atoms with Crippen LogP contribution in [0.2, 0.25) is 0 Å². The van der Waals surface area contributed by atoms with Gasteiger partial charge < -0.3 is 4.90 Å². The van der Waals surface area contributed by atoms with Crippen LogP contribution < -0.4 is 4.90 Å². The van der Waals surface area contributed by atoms with Crippen LogP contribution in [-0.2, 0) is 22.6 Å². The van der Waals surface area contributed by atoms with Crippen molar-refractivity contribution in [2.45, 2.75) is 13.0 Å². The molecule has 3 aromatic carbocycles. The van der Waals surface area contributed by atoms with E-state index >= 15 is 0 Å². The second-order valence-electron chi connectivity index (χ2n) is 7.46. The quantitative estimate of drug-likeness (QED) is 0.622. The van der Waals surface area contributed by atoms with Crippen LogP contribution >= 0.6 is 0 Å². The van der Waals surface area contributed by atoms with Crippen molar-refractivity contribution in [1.82, 2.24) is 4.90 Å². The molecule has 2 aliphatic heterocycles. The molecule has 4 nitrogen and oxygen atoms in total. The van der Waals surface area contributed by atoms with Gasteiger partial charge in [-0.3, -0.25) is 9.59 Å². The van der Waals surface area contributed by atoms with Crippen LogP contribution in [0, 0.1) is 5.82 Å². The van der Waals surface area contributed by atoms with Gasteiger partial charge >= 0.3 is 0 Å². The van der Waals surface area contributed by atoms with E-state index in [9.17, 15) is 14.0 Å². The Labute approximate surface area is 173 Å². The molecule has 2 aliphatic rings. The Morgan fingerprint density at radius 3 is 2.27 bits per heavy atom. The third-order valence-electron chi connectivity index (χ3n) is 5.64. The van der Waals surface area contributed by atoms with Gasteiger partial charge in [0.2, 0.25) is 0 Å². The second kappa shape index (κ2) is 7.26. The Balaban J connectivity index is 1.62. The molecule has 0 atom stereocenters. The molecular formula is C25H19FN2O2. The summed E-state index contributed by atoms with van der Waals surface area (Å²) in [5.41, 5.74) is 4.08. The molecule has 2 amide bonds. The molecular weight excluding hydrogens is 379 g/mol. The summed E-state index contributed by atoms with van der Waals surface area (Å²) in [6.45, 7) is 1.19. The lowest BCUT2D eigenvalue weighted by atomic mass is 9.98. The van der Waals surface area contributed by atoms with Crippen LogP contribution in [0.25, 0.3) is 5.57 Å². The van der Waals surface area contributed by atoms with Gasteiger partial charge in [-0.05, 0) is 41.3 Å². The van der Waals surface area contributed by atoms with Crippen LogP contribution in [0.15, 0.2) is 84.6 Å². The van der Waals surface area contributed by atoms with Gasteiger partial charge in [0.25, 0.3) is 11.8 Å². The first kappa shape index (κ1) is 18.3. The monoisotopic (exact) mass is 398 g/mol. The number of carbonyl (C=O) groups excluding carboxylic acids is 2. The minimum atomic E-state index is -0.491. The van der Waals surface area contributed by atoms with Gasteiger partial charge in [0.15, 0.2) is 0 Å². The normalized spacial score (nSPS) is 16.3. The highest BCUT2D eigenvalue weighted by molar-refractivity contribution is 6.45. The van der Waals surface area contributed by atoms with Crippen molar-refractivity contribution in [1.29, 1.82) is 0 Å². The van der Waals surface area contributed by atoms with E-state index in [1.54, 1.807) is 6.07 Å². The molecule has 0 saturated carbocycles. The number of amides is 2. The fraction of sp³-hybridized carbons (Fsp3) is 0.120. The summed E-state index contributed by atoms with van der Waals surface area (Å²) < 4.78 is 13.8. The van der Waals surface area contributed by atoms with E-state index in [-0.39, 0.29) is 5.69 Å². The van der Waals surface area contributed by atoms with Gasteiger partial charge in [-0.1, -0.05) is 60.7 Å². The lowest BCUT2D eigenvalue weighted by Crippen LogP contribution is -2.37. The standard InChI is InChI=1S/C25H19FN2O2/c26-20-11-6-12-21(15-20)28-24(29)22(18-8-2-1-3-9-18)23(25(28)30)27-14-13-17-7-4-5-10-19(17)16-27/h1-12,15H,13-14,16H2. The molecule has 2 heterocycles. The number of rotatable bonds is 3. The molecule has 0 aliphatic carbocycles. The number of imide groups is 1. The maximum Gasteiger partial charge on any atom is 0.282 e. The Morgan fingerprint density at radius 2 is 1.50 bits per heavy atom. The Hall–Kier alpha value is -3.73. The number of fused-ring (bicyclic) bond motifs is 1. The molecule has 30 heavy (non-hydrogen) atoms. The van der Waals surface area contributed by atoms with Gasteiger partial charge in [-0.15, -0.1) is 0 Å². The van der Waals surface area contributed by atoms with E-state index in [1.807, 2.05) is 47.4 Å². The van der Waals surface area contributed by atoms with Crippen molar-refractivity contribution in [3.05, 3.63) is 107 Å². The highest BCUT2D eigenvalue weighted by Gasteiger charge is 2.43. The number of halogens is 1. The van der Waals surface area contributed by atoms with E-state index < -0.39 is 17.6 Å². The van der Waals surface area contributed by atoms with E-state index in [2.05, 4.69) is 12.1 Å². The van der Waals surface area contributed by atoms with Gasteiger partial charge in [-0.25, -0.2) is 9.29 Å². The van der Waals surface area contributed by atoms with Crippen LogP contribution in [0.5, 0.6) is 0 Å². The van der Waals surface area contributed by atoms with Crippen molar-refractivity contribution in [2.75, 3.05) is 11.4 Å². The summed E-state index contributed by atoms with van der Waals surface area (Å²) in [7, 11) is 0. The molecule has 5 rings (SSSR count). The largest absolute Gasteiger partial charge is 0.362 e. The maximum atomic E-state index is 13.8. The lowest BCUT2D eigenvalue weighted by molar-refractivity contribution is -0.120. The van der Waals surface area contributed by atoms with Crippen molar-refractivity contribution in [3.63, 3.8) is 0 Å². The molecule has 0 N–H and O–H groups in total. The summed E-state index contributed by atoms with van der Waals surface area (Å²) in [6.07, 6.45) is 0.795. The van der Waals surface area contributed by atoms with E-state index in [0.29, 0.717) is 29.9 Å². The van der Waals surface area contributed by atoms with Crippen LogP contribution in [0.4, 0.5) is 10.1 Å². The number of benzene rings is 3. The Bertz CT molecular complexity index is 1190. The van der Waals surface area contributed by atoms with Crippen molar-refractivity contribution in [3.8, 4) is 0 Å². The molecule has 0 saturated heterocycles. The first-order valence-electron chi connectivity index (χ1n) is 9.89. The molecule has 0 fully saturated rings. The Kier molecular flexibility index (Phi) is 4.43. The molecule has 0 aromatic heterocycles. The zero-order valence-corrected chi connectivity index (χ0v) is 16.2. The number of hydrogen-bond donors (Lipinski definition) is 0. The fourth-order valence-corrected chi connectivity index (χ4v) is 4.21. The van der Waals surface area contributed by atoms with E-state index in [1.165, 1.54) is 23.8 Å². The summed E-state index contributed by atoms with van der Waals surface area (Å²) in [4.78, 5) is 30.0. The molecule has 0 unspecified atom stereocenters. The third kappa shape index (κ3) is 2.99. The van der Waals surface area contributed by atoms with Gasteiger partial charge in [0.1, 0.15) is 11.5 Å². The minimum absolute atomic E-state index is 0.242. The summed E-state index contributed by atoms with van der Waals surface area (Å²) in [5, 5.41) is 0. The molecule has 0 spiro atoms. The average molecular weight is 398 g/mol. The van der Waals surface area contributed by atoms with Crippen molar-refractivity contribution >= 4 is 23.1 Å². The number of hydrogen-bond acceptors (Lipinski definition) is 3. The average Bonchev–Trinajstić information content (AvgIpc) is 3.04. The zero-order valence-electron chi connectivity index (χ0n) is 16.2. The molecule has 0 bridgehead atoms. The van der Waals surface area contributed by atoms with Crippen LogP contribution in [0.1, 0.15) is 16.7 Å². The maximum absolute atomic E-state index is 13.8. The predicted molar refractivity (Wildman–Crippen MR) is 113 cm³/mol. The lowest BCUT2D eigenvalue weighted by Gasteiger charge is -2.31. The highest BCUT2D eigenvalue weighted by Crippen LogP contribution is 2.36. The van der Waals surface area contributed by atoms with E-state index in [4.69, 9.17) is 0 Å². The molecule has 3 aromatic rings. The minimum Gasteiger partial charge on any atom is -0.362 e. The second-order valence-corrected chi connectivity index (χ2v) is 7.46. The number of carbonyl (C=O) groups is 2. The fourth-order valence-electron chi connectivity index (χ4n) is 4.21. The number of nitrogens with zero attached hydrogens (tertiary/aromatic N) is 2. The zero-order chi connectivity index (χ0) is 20.7. The third-order valence-corrected chi connectivity index (χ3v) is 5.64. The van der Waals surface area contributed by atoms with Crippen LogP contribution in [-0.4, -0.2) is 23.3 Å². The summed E-state index contributed by atoms with van der Waals surface area (Å²) in [5.74, 6) is -1.33. The molecule has 148 valence electrons. The summed E-state index contributed by atoms with van der Waals surface area (Å²) in [6, 6.07) is 22.9. The van der Waals surface area contributed by atoms with Gasteiger partial charge in [-0.2, -0.15) is 0 Å². The number of anilines is 1. The van der Waals surface area contributed by atoms with Crippen LogP contribution in [0.3, 0.4) is 0 Å². The summed E-state index contributed by atoms with van der Waals surface area (Å²) >= 11 is 0. The first-order chi connectivity index (χ1) is 14.6. The topological polar surface area (TPSA) is 40.6 Å². The van der Waals surface area contributed by atoms with Gasteiger partial charge in [0.05, 0.1) is 11.3 Å². The SMILES string of the molecule is O=C1C(c2ccccc2)=C(N2CCc3ccccc3C2)C(=O)N1c1cccc(F)c1. The van der Waals surface area contributed by atoms with E-state index in [0.717, 1.165) is 16.9 Å². The van der Waals surface area contributed by atoms with Gasteiger partial charge in [0, 0.05) is 13.1 Å². The van der Waals surface area contributed by atoms with Crippen molar-refractivity contribution in [2.24, 2.45) is 0 Å². The first-order valence-corrected chi connectivity index (χ1v) is 9.89.